The monoisotopic (exact) mass is 114 g/mol. The number of aliphatic hydroxyl groups is 1. The minimum Gasteiger partial charge on any atom is -0.372 e. The second-order valence-corrected chi connectivity index (χ2v) is 2.09. The predicted molar refractivity (Wildman–Crippen MR) is 31.5 cm³/mol. The molecule has 8 heavy (non-hydrogen) atoms. The van der Waals surface area contributed by atoms with E-state index < -0.39 is 0 Å². The van der Waals surface area contributed by atoms with Gasteiger partial charge in [-0.15, -0.1) is 0 Å². The average molecular weight is 114 g/mol. The fraction of sp³-hybridized carbons (Fsp3) is 0.800. The summed E-state index contributed by atoms with van der Waals surface area (Å²) in [5.41, 5.74) is 1.00. The molecule has 0 saturated heterocycles. The molecule has 0 spiro atoms. The van der Waals surface area contributed by atoms with E-state index in [2.05, 4.69) is 5.10 Å². The molecule has 1 N–H and O–H groups in total. The Balaban J connectivity index is 2.56. The van der Waals surface area contributed by atoms with Crippen molar-refractivity contribution in [2.75, 3.05) is 7.05 Å². The number of hydrogen-bond acceptors (Lipinski definition) is 3. The molecule has 0 saturated carbocycles. The summed E-state index contributed by atoms with van der Waals surface area (Å²) >= 11 is 0. The summed E-state index contributed by atoms with van der Waals surface area (Å²) in [7, 11) is 1.77. The van der Waals surface area contributed by atoms with E-state index in [-0.39, 0.29) is 6.23 Å². The molecule has 1 aliphatic heterocycles. The van der Waals surface area contributed by atoms with E-state index in [9.17, 15) is 0 Å². The Kier molecular flexibility index (Phi) is 1.21. The van der Waals surface area contributed by atoms with Crippen LogP contribution in [0.4, 0.5) is 0 Å². The van der Waals surface area contributed by atoms with Gasteiger partial charge < -0.3 is 5.11 Å². The maximum absolute atomic E-state index is 8.98. The van der Waals surface area contributed by atoms with Crippen molar-refractivity contribution in [3.8, 4) is 0 Å². The Hall–Kier alpha value is -0.570. The molecule has 0 bridgehead atoms. The number of hydrazone groups is 1. The second kappa shape index (κ2) is 1.74. The lowest BCUT2D eigenvalue weighted by Crippen LogP contribution is -2.20. The summed E-state index contributed by atoms with van der Waals surface area (Å²) < 4.78 is 0. The van der Waals surface area contributed by atoms with Gasteiger partial charge in [0.2, 0.25) is 0 Å². The molecule has 0 aliphatic carbocycles. The summed E-state index contributed by atoms with van der Waals surface area (Å²) in [6, 6.07) is 0. The molecule has 0 aromatic rings. The normalized spacial score (nSPS) is 28.6. The molecule has 0 aromatic carbocycles. The summed E-state index contributed by atoms with van der Waals surface area (Å²) in [4.78, 5) is 0. The van der Waals surface area contributed by atoms with Gasteiger partial charge in [0.15, 0.2) is 0 Å². The topological polar surface area (TPSA) is 35.8 Å². The lowest BCUT2D eigenvalue weighted by atomic mass is 10.3. The van der Waals surface area contributed by atoms with Crippen LogP contribution in [0.1, 0.15) is 13.3 Å². The molecule has 3 heteroatoms. The van der Waals surface area contributed by atoms with E-state index in [1.807, 2.05) is 6.92 Å². The highest BCUT2D eigenvalue weighted by Crippen LogP contribution is 2.08. The Morgan fingerprint density at radius 3 is 2.62 bits per heavy atom. The van der Waals surface area contributed by atoms with Gasteiger partial charge in [-0.25, -0.2) is 0 Å². The highest BCUT2D eigenvalue weighted by molar-refractivity contribution is 5.83. The molecule has 0 radical (unpaired) electrons. The fourth-order valence-corrected chi connectivity index (χ4v) is 0.773. The SMILES string of the molecule is CC1=NN(C)C(O)C1. The van der Waals surface area contributed by atoms with Gasteiger partial charge in [0.1, 0.15) is 6.23 Å². The van der Waals surface area contributed by atoms with E-state index in [4.69, 9.17) is 5.11 Å². The maximum atomic E-state index is 8.98. The Morgan fingerprint density at radius 1 is 1.88 bits per heavy atom. The summed E-state index contributed by atoms with van der Waals surface area (Å²) in [6.45, 7) is 1.91. The maximum Gasteiger partial charge on any atom is 0.147 e. The van der Waals surface area contributed by atoms with Crippen molar-refractivity contribution >= 4 is 5.71 Å². The summed E-state index contributed by atoms with van der Waals surface area (Å²) in [5, 5.41) is 14.5. The van der Waals surface area contributed by atoms with Crippen molar-refractivity contribution in [2.45, 2.75) is 19.6 Å². The van der Waals surface area contributed by atoms with Gasteiger partial charge in [-0.1, -0.05) is 0 Å². The summed E-state index contributed by atoms with van der Waals surface area (Å²) in [6.07, 6.45) is 0.311. The minimum atomic E-state index is -0.380. The van der Waals surface area contributed by atoms with Crippen molar-refractivity contribution in [1.82, 2.24) is 5.01 Å². The lowest BCUT2D eigenvalue weighted by Gasteiger charge is -2.10. The zero-order valence-corrected chi connectivity index (χ0v) is 5.13. The smallest absolute Gasteiger partial charge is 0.147 e. The Labute approximate surface area is 48.6 Å². The van der Waals surface area contributed by atoms with Crippen LogP contribution in [0.15, 0.2) is 5.10 Å². The van der Waals surface area contributed by atoms with Crippen LogP contribution in [0.3, 0.4) is 0 Å². The van der Waals surface area contributed by atoms with E-state index in [1.54, 1.807) is 12.1 Å². The molecule has 0 fully saturated rings. The van der Waals surface area contributed by atoms with Gasteiger partial charge >= 0.3 is 0 Å². The number of rotatable bonds is 0. The molecule has 1 rings (SSSR count). The zero-order valence-electron chi connectivity index (χ0n) is 5.13. The molecule has 1 heterocycles. The molecule has 1 unspecified atom stereocenters. The quantitative estimate of drug-likeness (QED) is 0.481. The number of nitrogens with zero attached hydrogens (tertiary/aromatic N) is 2. The third-order valence-electron chi connectivity index (χ3n) is 1.24. The molecule has 0 aromatic heterocycles. The highest BCUT2D eigenvalue weighted by Gasteiger charge is 2.16. The van der Waals surface area contributed by atoms with Crippen molar-refractivity contribution in [3.63, 3.8) is 0 Å². The third-order valence-corrected chi connectivity index (χ3v) is 1.24. The van der Waals surface area contributed by atoms with E-state index in [0.717, 1.165) is 5.71 Å². The first-order valence-electron chi connectivity index (χ1n) is 2.65. The van der Waals surface area contributed by atoms with Crippen LogP contribution in [-0.2, 0) is 0 Å². The van der Waals surface area contributed by atoms with Gasteiger partial charge in [0.25, 0.3) is 0 Å². The Bertz CT molecular complexity index is 122. The fourth-order valence-electron chi connectivity index (χ4n) is 0.773. The largest absolute Gasteiger partial charge is 0.372 e. The number of aliphatic hydroxyl groups excluding tert-OH is 1. The molecule has 1 aliphatic rings. The van der Waals surface area contributed by atoms with Crippen molar-refractivity contribution in [1.29, 1.82) is 0 Å². The van der Waals surface area contributed by atoms with Crippen molar-refractivity contribution in [2.24, 2.45) is 5.10 Å². The standard InChI is InChI=1S/C5H10N2O/c1-4-3-5(8)7(2)6-4/h5,8H,3H2,1-2H3. The van der Waals surface area contributed by atoms with Crippen LogP contribution < -0.4 is 0 Å². The molecule has 46 valence electrons. The first-order chi connectivity index (χ1) is 3.70. The van der Waals surface area contributed by atoms with E-state index in [0.29, 0.717) is 6.42 Å². The van der Waals surface area contributed by atoms with Gasteiger partial charge in [0, 0.05) is 19.2 Å². The van der Waals surface area contributed by atoms with Gasteiger partial charge in [-0.2, -0.15) is 5.10 Å². The van der Waals surface area contributed by atoms with Crippen molar-refractivity contribution in [3.05, 3.63) is 0 Å². The molecular formula is C5H10N2O. The van der Waals surface area contributed by atoms with Crippen LogP contribution in [0.2, 0.25) is 0 Å². The van der Waals surface area contributed by atoms with Crippen LogP contribution >= 0.6 is 0 Å². The van der Waals surface area contributed by atoms with Crippen LogP contribution in [0, 0.1) is 0 Å². The first kappa shape index (κ1) is 5.56. The molecule has 0 amide bonds. The first-order valence-corrected chi connectivity index (χ1v) is 2.65. The van der Waals surface area contributed by atoms with Gasteiger partial charge in [0.05, 0.1) is 0 Å². The lowest BCUT2D eigenvalue weighted by molar-refractivity contribution is 0.0451. The highest BCUT2D eigenvalue weighted by atomic mass is 16.3. The van der Waals surface area contributed by atoms with Gasteiger partial charge in [-0.3, -0.25) is 5.01 Å². The van der Waals surface area contributed by atoms with Crippen LogP contribution in [-0.4, -0.2) is 29.1 Å². The van der Waals surface area contributed by atoms with Crippen LogP contribution in [0.25, 0.3) is 0 Å². The van der Waals surface area contributed by atoms with Crippen LogP contribution in [0.5, 0.6) is 0 Å². The molecular weight excluding hydrogens is 104 g/mol. The van der Waals surface area contributed by atoms with E-state index >= 15 is 0 Å². The van der Waals surface area contributed by atoms with Gasteiger partial charge in [-0.05, 0) is 6.92 Å². The average Bonchev–Trinajstić information content (AvgIpc) is 1.85. The molecule has 1 atom stereocenters. The molecule has 3 nitrogen and oxygen atoms in total. The predicted octanol–water partition coefficient (Wildman–Crippen LogP) is 0.0162. The second-order valence-electron chi connectivity index (χ2n) is 2.09. The van der Waals surface area contributed by atoms with E-state index in [1.165, 1.54) is 0 Å². The van der Waals surface area contributed by atoms with Crippen molar-refractivity contribution < 1.29 is 5.11 Å². The minimum absolute atomic E-state index is 0.380. The number of hydrogen-bond donors (Lipinski definition) is 1. The zero-order chi connectivity index (χ0) is 6.15. The Morgan fingerprint density at radius 2 is 2.50 bits per heavy atom. The summed E-state index contributed by atoms with van der Waals surface area (Å²) in [5.74, 6) is 0. The third kappa shape index (κ3) is 0.816.